The number of phenols is 1. The van der Waals surface area contributed by atoms with Crippen molar-refractivity contribution in [1.82, 2.24) is 9.97 Å². The van der Waals surface area contributed by atoms with Crippen LogP contribution in [0.15, 0.2) is 211 Å². The molecule has 7 aromatic carbocycles. The van der Waals surface area contributed by atoms with E-state index < -0.39 is 0 Å². The molecule has 0 aliphatic carbocycles. The van der Waals surface area contributed by atoms with Crippen molar-refractivity contribution in [3.63, 3.8) is 0 Å². The van der Waals surface area contributed by atoms with Crippen molar-refractivity contribution < 1.29 is 19.1 Å². The summed E-state index contributed by atoms with van der Waals surface area (Å²) in [6, 6.07) is 51.1. The summed E-state index contributed by atoms with van der Waals surface area (Å²) in [7, 11) is 1.62. The summed E-state index contributed by atoms with van der Waals surface area (Å²) in [5.74, 6) is 1.21. The van der Waals surface area contributed by atoms with Crippen molar-refractivity contribution >= 4 is 101 Å². The van der Waals surface area contributed by atoms with Crippen LogP contribution in [0.4, 0.5) is 34.1 Å². The Balaban J connectivity index is 1.01. The van der Waals surface area contributed by atoms with E-state index >= 15 is 0 Å². The second-order valence-electron chi connectivity index (χ2n) is 16.5. The molecule has 0 radical (unpaired) electrons. The molecule has 1 aliphatic heterocycles. The average molecular weight is 899 g/mol. The Morgan fingerprint density at radius 1 is 0.667 bits per heavy atom. The summed E-state index contributed by atoms with van der Waals surface area (Å²) >= 11 is 0. The van der Waals surface area contributed by atoms with Crippen LogP contribution in [0.2, 0.25) is 0 Å². The van der Waals surface area contributed by atoms with Gasteiger partial charge in [-0.05, 0) is 147 Å². The number of fused-ring (bicyclic) bond motifs is 7. The number of furan rings is 1. The molecular weight excluding hydrogens is 857 g/mol. The number of hydrogen-bond donors (Lipinski definition) is 2. The molecule has 10 heteroatoms. The van der Waals surface area contributed by atoms with Gasteiger partial charge in [-0.1, -0.05) is 66.9 Å². The third kappa shape index (κ3) is 7.81. The maximum absolute atomic E-state index is 11.4. The number of allylic oxidation sites excluding steroid dienone is 6. The highest BCUT2D eigenvalue weighted by Gasteiger charge is 2.21. The molecular formula is C59H42N6O4. The first-order chi connectivity index (χ1) is 33.8. The normalized spacial score (nSPS) is 13.2. The number of benzene rings is 7. The first kappa shape index (κ1) is 42.1. The van der Waals surface area contributed by atoms with Crippen LogP contribution in [0.1, 0.15) is 11.1 Å². The number of methoxy groups -OCH3 is 1. The monoisotopic (exact) mass is 898 g/mol. The van der Waals surface area contributed by atoms with Gasteiger partial charge in [0.2, 0.25) is 11.6 Å². The molecule has 0 amide bonds. The first-order valence-corrected chi connectivity index (χ1v) is 22.2. The zero-order valence-corrected chi connectivity index (χ0v) is 37.4. The first-order valence-electron chi connectivity index (χ1n) is 22.2. The minimum Gasteiger partial charge on any atom is -0.507 e. The number of aromatic hydroxyl groups is 1. The van der Waals surface area contributed by atoms with Crippen LogP contribution < -0.4 is 19.4 Å². The van der Waals surface area contributed by atoms with Gasteiger partial charge in [0.1, 0.15) is 11.3 Å². The second kappa shape index (κ2) is 17.7. The fraction of sp³-hybridized carbons (Fsp3) is 0.0169. The predicted octanol–water partition coefficient (Wildman–Crippen LogP) is 15.2. The van der Waals surface area contributed by atoms with Crippen LogP contribution in [0, 0.1) is 5.41 Å². The third-order valence-corrected chi connectivity index (χ3v) is 12.4. The zero-order chi connectivity index (χ0) is 47.0. The number of anilines is 6. The van der Waals surface area contributed by atoms with Gasteiger partial charge in [-0.3, -0.25) is 0 Å². The van der Waals surface area contributed by atoms with Crippen LogP contribution in [0.5, 0.6) is 17.4 Å². The van der Waals surface area contributed by atoms with E-state index in [0.29, 0.717) is 28.5 Å². The number of rotatable bonds is 11. The van der Waals surface area contributed by atoms with Crippen molar-refractivity contribution in [2.75, 3.05) is 16.9 Å². The van der Waals surface area contributed by atoms with Crippen LogP contribution in [0.25, 0.3) is 65.9 Å². The lowest BCUT2D eigenvalue weighted by Gasteiger charge is -2.27. The van der Waals surface area contributed by atoms with E-state index in [0.717, 1.165) is 94.3 Å². The molecule has 10 aromatic rings. The minimum absolute atomic E-state index is 0.0740. The van der Waals surface area contributed by atoms with Crippen molar-refractivity contribution in [2.24, 2.45) is 5.16 Å². The van der Waals surface area contributed by atoms with Crippen LogP contribution in [-0.2, 0) is 0 Å². The molecule has 0 bridgehead atoms. The van der Waals surface area contributed by atoms with Crippen molar-refractivity contribution in [2.45, 2.75) is 0 Å². The Morgan fingerprint density at radius 3 is 2.04 bits per heavy atom. The van der Waals surface area contributed by atoms with E-state index in [1.165, 1.54) is 6.21 Å². The van der Waals surface area contributed by atoms with E-state index in [4.69, 9.17) is 19.4 Å². The van der Waals surface area contributed by atoms with E-state index in [1.54, 1.807) is 43.9 Å². The maximum atomic E-state index is 11.4. The molecule has 0 spiro atoms. The number of hydrogen-bond acceptors (Lipinski definition) is 10. The molecule has 0 atom stereocenters. The SMILES string of the molecule is C=C(/C=C\C=N)c1ccc(N(c2ccc(-c3cccnc3OC)cc2)c2ccc3c(ccc4cc(N(c5ccc6c(c5)O/N=C\C=C/C6=C)c5ccc6c(c5)oc5ncccc56)ccc43)c2)cc1O. The van der Waals surface area contributed by atoms with Gasteiger partial charge in [0, 0.05) is 98.4 Å². The molecule has 332 valence electrons. The molecule has 0 unspecified atom stereocenters. The van der Waals surface area contributed by atoms with Gasteiger partial charge in [-0.25, -0.2) is 9.97 Å². The van der Waals surface area contributed by atoms with E-state index in [1.807, 2.05) is 72.8 Å². The number of aromatic nitrogens is 2. The summed E-state index contributed by atoms with van der Waals surface area (Å²) in [5, 5.41) is 29.1. The van der Waals surface area contributed by atoms with Crippen LogP contribution in [-0.4, -0.2) is 34.6 Å². The molecule has 2 N–H and O–H groups in total. The summed E-state index contributed by atoms with van der Waals surface area (Å²) in [6.07, 6.45) is 13.2. The third-order valence-electron chi connectivity index (χ3n) is 12.4. The second-order valence-corrected chi connectivity index (χ2v) is 16.5. The maximum Gasteiger partial charge on any atom is 0.227 e. The van der Waals surface area contributed by atoms with Crippen molar-refractivity contribution in [3.05, 3.63) is 213 Å². The predicted molar refractivity (Wildman–Crippen MR) is 282 cm³/mol. The Bertz CT molecular complexity index is 3790. The van der Waals surface area contributed by atoms with E-state index in [2.05, 4.69) is 123 Å². The smallest absolute Gasteiger partial charge is 0.227 e. The standard InChI is InChI=1S/C59H42N6O4/c1-37(8-4-28-60)48-23-18-45(34-55(48)66)64(42-16-14-39(15-17-42)52-10-6-29-61-58(52)67-3)43-20-25-50-40(32-43)12-13-41-33-44(21-26-51(41)50)65(47-19-24-49-38(2)9-5-31-63-69-57(49)36-47)46-22-27-53-54-11-7-30-62-59(54)68-56(53)35-46/h4-36,60,66H,1-2H2,3H3/b8-4-,9-5-,60-28?,63-31-. The highest BCUT2D eigenvalue weighted by atomic mass is 16.6. The summed E-state index contributed by atoms with van der Waals surface area (Å²) in [4.78, 5) is 19.1. The summed E-state index contributed by atoms with van der Waals surface area (Å²) in [5.41, 5.74) is 11.2. The Kier molecular flexibility index (Phi) is 10.8. The van der Waals surface area contributed by atoms with Crippen LogP contribution in [0.3, 0.4) is 0 Å². The number of pyridine rings is 2. The Morgan fingerprint density at radius 2 is 1.30 bits per heavy atom. The van der Waals surface area contributed by atoms with Crippen LogP contribution >= 0.6 is 0 Å². The molecule has 11 rings (SSSR count). The zero-order valence-electron chi connectivity index (χ0n) is 37.4. The number of phenolic OH excluding ortho intramolecular Hbond substituents is 1. The van der Waals surface area contributed by atoms with Gasteiger partial charge < -0.3 is 34.3 Å². The summed E-state index contributed by atoms with van der Waals surface area (Å²) < 4.78 is 11.9. The number of oxime groups is 1. The highest BCUT2D eigenvalue weighted by Crippen LogP contribution is 2.45. The lowest BCUT2D eigenvalue weighted by molar-refractivity contribution is 0.343. The molecule has 0 saturated carbocycles. The van der Waals surface area contributed by atoms with Gasteiger partial charge >= 0.3 is 0 Å². The molecule has 0 fully saturated rings. The highest BCUT2D eigenvalue weighted by molar-refractivity contribution is 6.10. The molecule has 69 heavy (non-hydrogen) atoms. The fourth-order valence-electron chi connectivity index (χ4n) is 9.07. The van der Waals surface area contributed by atoms with E-state index in [-0.39, 0.29) is 5.75 Å². The molecule has 1 aliphatic rings. The van der Waals surface area contributed by atoms with E-state index in [9.17, 15) is 5.11 Å². The lowest BCUT2D eigenvalue weighted by atomic mass is 9.99. The average Bonchev–Trinajstić information content (AvgIpc) is 3.75. The largest absolute Gasteiger partial charge is 0.507 e. The lowest BCUT2D eigenvalue weighted by Crippen LogP contribution is -2.10. The molecule has 10 nitrogen and oxygen atoms in total. The fourth-order valence-corrected chi connectivity index (χ4v) is 9.07. The topological polar surface area (TPSA) is 120 Å². The molecule has 0 saturated heterocycles. The van der Waals surface area contributed by atoms with Crippen molar-refractivity contribution in [1.29, 1.82) is 5.41 Å². The summed E-state index contributed by atoms with van der Waals surface area (Å²) in [6.45, 7) is 8.37. The Hall–Kier alpha value is -9.54. The number of nitrogens with one attached hydrogen (secondary N) is 1. The molecule has 3 aromatic heterocycles. The quantitative estimate of drug-likeness (QED) is 0.0748. The minimum atomic E-state index is 0.0740. The Labute approximate surface area is 397 Å². The van der Waals surface area contributed by atoms with Gasteiger partial charge in [0.25, 0.3) is 0 Å². The van der Waals surface area contributed by atoms with Gasteiger partial charge in [-0.15, -0.1) is 0 Å². The van der Waals surface area contributed by atoms with Crippen molar-refractivity contribution in [3.8, 4) is 28.5 Å². The van der Waals surface area contributed by atoms with Gasteiger partial charge in [0.05, 0.1) is 13.3 Å². The van der Waals surface area contributed by atoms with Gasteiger partial charge in [0.15, 0.2) is 5.75 Å². The molecule has 4 heterocycles. The van der Waals surface area contributed by atoms with Gasteiger partial charge in [-0.2, -0.15) is 0 Å². The number of ether oxygens (including phenoxy) is 1. The number of nitrogens with zero attached hydrogens (tertiary/aromatic N) is 5.